The van der Waals surface area contributed by atoms with Gasteiger partial charge in [-0.05, 0) is 31.8 Å². The number of rotatable bonds is 2. The number of nitrogens with one attached hydrogen (secondary N) is 1. The van der Waals surface area contributed by atoms with Crippen LogP contribution in [0.3, 0.4) is 0 Å². The van der Waals surface area contributed by atoms with Crippen LogP contribution in [0.4, 0.5) is 0 Å². The van der Waals surface area contributed by atoms with E-state index < -0.39 is 0 Å². The van der Waals surface area contributed by atoms with E-state index in [9.17, 15) is 0 Å². The summed E-state index contributed by atoms with van der Waals surface area (Å²) >= 11 is 0. The molecule has 0 spiro atoms. The zero-order chi connectivity index (χ0) is 6.53. The Hall–Kier alpha value is -0.0800. The van der Waals surface area contributed by atoms with E-state index in [0.29, 0.717) is 0 Å². The molecule has 0 bridgehead atoms. The summed E-state index contributed by atoms with van der Waals surface area (Å²) in [6.45, 7) is 4.79. The second-order valence-corrected chi connectivity index (χ2v) is 2.98. The van der Waals surface area contributed by atoms with Crippen LogP contribution in [-0.4, -0.2) is 13.1 Å². The van der Waals surface area contributed by atoms with Crippen molar-refractivity contribution in [1.29, 1.82) is 0 Å². The molecule has 1 aliphatic heterocycles. The molecule has 0 atom stereocenters. The first-order valence-electron chi connectivity index (χ1n) is 4.14. The van der Waals surface area contributed by atoms with Gasteiger partial charge >= 0.3 is 0 Å². The Balaban J connectivity index is 0.000000810. The van der Waals surface area contributed by atoms with Gasteiger partial charge in [-0.15, -0.1) is 0 Å². The van der Waals surface area contributed by atoms with Crippen molar-refractivity contribution >= 4 is 0 Å². The third kappa shape index (κ3) is 3.18. The quantitative estimate of drug-likeness (QED) is 0.622. The normalized spacial score (nSPS) is 20.1. The van der Waals surface area contributed by atoms with E-state index in [0.717, 1.165) is 5.92 Å². The molecular formula is C8H20N2. The van der Waals surface area contributed by atoms with Crippen LogP contribution in [0, 0.1) is 5.92 Å². The molecule has 0 aromatic carbocycles. The zero-order valence-corrected chi connectivity index (χ0v) is 7.03. The van der Waals surface area contributed by atoms with Crippen molar-refractivity contribution in [1.82, 2.24) is 11.5 Å². The van der Waals surface area contributed by atoms with Gasteiger partial charge in [0.2, 0.25) is 0 Å². The van der Waals surface area contributed by atoms with Crippen molar-refractivity contribution in [2.24, 2.45) is 5.92 Å². The molecule has 1 fully saturated rings. The van der Waals surface area contributed by atoms with Gasteiger partial charge in [0.05, 0.1) is 0 Å². The lowest BCUT2D eigenvalue weighted by molar-refractivity contribution is 0.351. The Bertz CT molecular complexity index is 64.9. The van der Waals surface area contributed by atoms with Gasteiger partial charge in [0.15, 0.2) is 0 Å². The molecule has 62 valence electrons. The minimum absolute atomic E-state index is 0. The molecule has 1 aliphatic rings. The van der Waals surface area contributed by atoms with Gasteiger partial charge in [0.1, 0.15) is 0 Å². The summed E-state index contributed by atoms with van der Waals surface area (Å²) in [5.74, 6) is 1.04. The van der Waals surface area contributed by atoms with E-state index in [-0.39, 0.29) is 6.15 Å². The highest BCUT2D eigenvalue weighted by molar-refractivity contribution is 4.67. The van der Waals surface area contributed by atoms with Crippen LogP contribution >= 0.6 is 0 Å². The summed E-state index contributed by atoms with van der Waals surface area (Å²) < 4.78 is 0. The molecule has 0 aromatic heterocycles. The zero-order valence-electron chi connectivity index (χ0n) is 7.03. The van der Waals surface area contributed by atoms with Crippen LogP contribution in [0.1, 0.15) is 32.6 Å². The molecule has 0 unspecified atom stereocenters. The molecule has 0 radical (unpaired) electrons. The average molecular weight is 144 g/mol. The fourth-order valence-electron chi connectivity index (χ4n) is 1.58. The summed E-state index contributed by atoms with van der Waals surface area (Å²) in [7, 11) is 0. The Kier molecular flexibility index (Phi) is 5.64. The highest BCUT2D eigenvalue weighted by atomic mass is 14.9. The largest absolute Gasteiger partial charge is 0.344 e. The van der Waals surface area contributed by atoms with E-state index in [1.807, 2.05) is 0 Å². The topological polar surface area (TPSA) is 47.0 Å². The summed E-state index contributed by atoms with van der Waals surface area (Å²) in [4.78, 5) is 0. The van der Waals surface area contributed by atoms with Crippen LogP contribution in [0.25, 0.3) is 0 Å². The van der Waals surface area contributed by atoms with Crippen LogP contribution in [0.2, 0.25) is 0 Å². The summed E-state index contributed by atoms with van der Waals surface area (Å²) in [6, 6.07) is 0. The van der Waals surface area contributed by atoms with Gasteiger partial charge in [-0.3, -0.25) is 0 Å². The highest BCUT2D eigenvalue weighted by Crippen LogP contribution is 2.16. The second kappa shape index (κ2) is 5.69. The standard InChI is InChI=1S/C8H17N.H3N/c1-2-3-8-4-6-9-7-5-8;/h8-9H,2-7H2,1H3;1H3. The van der Waals surface area contributed by atoms with Crippen molar-refractivity contribution in [3.05, 3.63) is 0 Å². The maximum absolute atomic E-state index is 3.37. The van der Waals surface area contributed by atoms with Crippen molar-refractivity contribution in [2.45, 2.75) is 32.6 Å². The van der Waals surface area contributed by atoms with Crippen LogP contribution in [-0.2, 0) is 0 Å². The predicted octanol–water partition coefficient (Wildman–Crippen LogP) is 1.95. The first-order chi connectivity index (χ1) is 4.43. The van der Waals surface area contributed by atoms with E-state index in [1.54, 1.807) is 0 Å². The molecular weight excluding hydrogens is 124 g/mol. The molecule has 1 heterocycles. The minimum Gasteiger partial charge on any atom is -0.344 e. The Morgan fingerprint density at radius 3 is 2.40 bits per heavy atom. The predicted molar refractivity (Wildman–Crippen MR) is 45.5 cm³/mol. The Morgan fingerprint density at radius 1 is 1.30 bits per heavy atom. The van der Waals surface area contributed by atoms with E-state index in [1.165, 1.54) is 38.8 Å². The van der Waals surface area contributed by atoms with Gasteiger partial charge in [-0.25, -0.2) is 0 Å². The molecule has 0 amide bonds. The van der Waals surface area contributed by atoms with Crippen molar-refractivity contribution in [3.8, 4) is 0 Å². The fourth-order valence-corrected chi connectivity index (χ4v) is 1.58. The van der Waals surface area contributed by atoms with E-state index in [2.05, 4.69) is 12.2 Å². The summed E-state index contributed by atoms with van der Waals surface area (Å²) in [5, 5.41) is 3.37. The SMILES string of the molecule is CCCC1CCNCC1.N. The van der Waals surface area contributed by atoms with E-state index >= 15 is 0 Å². The van der Waals surface area contributed by atoms with E-state index in [4.69, 9.17) is 0 Å². The lowest BCUT2D eigenvalue weighted by Gasteiger charge is -2.21. The third-order valence-electron chi connectivity index (χ3n) is 2.16. The molecule has 1 saturated heterocycles. The lowest BCUT2D eigenvalue weighted by atomic mass is 9.94. The van der Waals surface area contributed by atoms with Gasteiger partial charge in [-0.2, -0.15) is 0 Å². The average Bonchev–Trinajstić information content (AvgIpc) is 1.91. The smallest absolute Gasteiger partial charge is 0.00463 e. The minimum atomic E-state index is 0. The molecule has 0 aliphatic carbocycles. The van der Waals surface area contributed by atoms with Gasteiger partial charge in [-0.1, -0.05) is 19.8 Å². The molecule has 2 heteroatoms. The summed E-state index contributed by atoms with van der Waals surface area (Å²) in [6.07, 6.45) is 5.63. The second-order valence-electron chi connectivity index (χ2n) is 2.98. The van der Waals surface area contributed by atoms with Gasteiger partial charge < -0.3 is 11.5 Å². The van der Waals surface area contributed by atoms with Crippen LogP contribution in [0.15, 0.2) is 0 Å². The van der Waals surface area contributed by atoms with Crippen molar-refractivity contribution < 1.29 is 0 Å². The number of piperidine rings is 1. The molecule has 1 rings (SSSR count). The van der Waals surface area contributed by atoms with Crippen molar-refractivity contribution in [3.63, 3.8) is 0 Å². The molecule has 0 aromatic rings. The Morgan fingerprint density at radius 2 is 1.90 bits per heavy atom. The first kappa shape index (κ1) is 9.92. The molecule has 0 saturated carbocycles. The first-order valence-corrected chi connectivity index (χ1v) is 4.14. The maximum atomic E-state index is 3.37. The highest BCUT2D eigenvalue weighted by Gasteiger charge is 2.10. The molecule has 2 nitrogen and oxygen atoms in total. The monoisotopic (exact) mass is 144 g/mol. The number of hydrogen-bond donors (Lipinski definition) is 2. The van der Waals surface area contributed by atoms with Gasteiger partial charge in [0.25, 0.3) is 0 Å². The number of hydrogen-bond acceptors (Lipinski definition) is 2. The van der Waals surface area contributed by atoms with Crippen LogP contribution in [0.5, 0.6) is 0 Å². The van der Waals surface area contributed by atoms with Crippen molar-refractivity contribution in [2.75, 3.05) is 13.1 Å². The fraction of sp³-hybridized carbons (Fsp3) is 1.00. The lowest BCUT2D eigenvalue weighted by Crippen LogP contribution is -2.27. The third-order valence-corrected chi connectivity index (χ3v) is 2.16. The summed E-state index contributed by atoms with van der Waals surface area (Å²) in [5.41, 5.74) is 0. The molecule has 10 heavy (non-hydrogen) atoms. The molecule has 4 N–H and O–H groups in total. The maximum Gasteiger partial charge on any atom is -0.00463 e. The van der Waals surface area contributed by atoms with Crippen LogP contribution < -0.4 is 11.5 Å². The van der Waals surface area contributed by atoms with Gasteiger partial charge in [0, 0.05) is 0 Å². The Labute approximate surface area is 64.0 Å².